The Morgan fingerprint density at radius 1 is 1.21 bits per heavy atom. The van der Waals surface area contributed by atoms with Crippen molar-refractivity contribution in [1.29, 1.82) is 0 Å². The van der Waals surface area contributed by atoms with E-state index in [0.29, 0.717) is 0 Å². The van der Waals surface area contributed by atoms with E-state index in [1.165, 1.54) is 11.1 Å². The molecule has 1 N–H and O–H groups in total. The molecule has 0 spiro atoms. The molecular formula is C16H22N2O. The third kappa shape index (κ3) is 2.71. The number of benzene rings is 1. The zero-order valence-corrected chi connectivity index (χ0v) is 12.4. The Kier molecular flexibility index (Phi) is 3.50. The lowest BCUT2D eigenvalue weighted by Gasteiger charge is -2.18. The minimum absolute atomic E-state index is 0.0126. The Hall–Kier alpha value is -1.61. The van der Waals surface area contributed by atoms with Crippen LogP contribution in [0.4, 0.5) is 0 Å². The smallest absolute Gasteiger partial charge is 0.0981 e. The van der Waals surface area contributed by atoms with Crippen molar-refractivity contribution in [2.24, 2.45) is 0 Å². The van der Waals surface area contributed by atoms with Crippen LogP contribution in [0.5, 0.6) is 0 Å². The second-order valence-electron chi connectivity index (χ2n) is 6.09. The number of aromatic nitrogens is 2. The summed E-state index contributed by atoms with van der Waals surface area (Å²) in [6.45, 7) is 10.5. The molecule has 1 aromatic carbocycles. The third-order valence-electron chi connectivity index (χ3n) is 3.28. The average molecular weight is 258 g/mol. The van der Waals surface area contributed by atoms with Crippen molar-refractivity contribution in [3.8, 4) is 11.3 Å². The first-order valence-corrected chi connectivity index (χ1v) is 6.60. The standard InChI is InChI=1S/C16H22N2O/c1-11-6-7-14(12(2)8-11)15-13(10-19)9-18(17-15)16(3,4)5/h6-9,19H,10H2,1-5H3. The first-order valence-electron chi connectivity index (χ1n) is 6.60. The van der Waals surface area contributed by atoms with Crippen molar-refractivity contribution in [3.63, 3.8) is 0 Å². The number of aliphatic hydroxyl groups is 1. The summed E-state index contributed by atoms with van der Waals surface area (Å²) in [7, 11) is 0. The van der Waals surface area contributed by atoms with Crippen LogP contribution in [0.15, 0.2) is 24.4 Å². The van der Waals surface area contributed by atoms with E-state index in [1.54, 1.807) is 0 Å². The Morgan fingerprint density at radius 3 is 2.42 bits per heavy atom. The van der Waals surface area contributed by atoms with Gasteiger partial charge in [0.05, 0.1) is 17.8 Å². The maximum Gasteiger partial charge on any atom is 0.0981 e. The van der Waals surface area contributed by atoms with Gasteiger partial charge in [-0.15, -0.1) is 0 Å². The van der Waals surface area contributed by atoms with Gasteiger partial charge in [-0.1, -0.05) is 23.8 Å². The van der Waals surface area contributed by atoms with Gasteiger partial charge in [-0.3, -0.25) is 4.68 Å². The Morgan fingerprint density at radius 2 is 1.89 bits per heavy atom. The van der Waals surface area contributed by atoms with Crippen molar-refractivity contribution in [2.75, 3.05) is 0 Å². The quantitative estimate of drug-likeness (QED) is 0.896. The predicted octanol–water partition coefficient (Wildman–Crippen LogP) is 3.41. The predicted molar refractivity (Wildman–Crippen MR) is 78.1 cm³/mol. The Labute approximate surface area is 114 Å². The monoisotopic (exact) mass is 258 g/mol. The number of nitrogens with zero attached hydrogens (tertiary/aromatic N) is 2. The molecular weight excluding hydrogens is 236 g/mol. The van der Waals surface area contributed by atoms with Crippen molar-refractivity contribution in [2.45, 2.75) is 46.8 Å². The minimum Gasteiger partial charge on any atom is -0.392 e. The molecule has 0 aliphatic carbocycles. The average Bonchev–Trinajstić information content (AvgIpc) is 2.72. The van der Waals surface area contributed by atoms with Gasteiger partial charge < -0.3 is 5.11 Å². The number of aryl methyl sites for hydroxylation is 2. The molecule has 19 heavy (non-hydrogen) atoms. The van der Waals surface area contributed by atoms with E-state index in [0.717, 1.165) is 16.8 Å². The molecule has 0 aliphatic heterocycles. The van der Waals surface area contributed by atoms with Gasteiger partial charge in [-0.2, -0.15) is 5.10 Å². The van der Waals surface area contributed by atoms with Crippen LogP contribution in [0.2, 0.25) is 0 Å². The molecule has 0 saturated carbocycles. The fraction of sp³-hybridized carbons (Fsp3) is 0.438. The van der Waals surface area contributed by atoms with Crippen LogP contribution in [-0.4, -0.2) is 14.9 Å². The van der Waals surface area contributed by atoms with Crippen molar-refractivity contribution in [1.82, 2.24) is 9.78 Å². The van der Waals surface area contributed by atoms with Crippen molar-refractivity contribution < 1.29 is 5.11 Å². The number of aliphatic hydroxyl groups excluding tert-OH is 1. The van der Waals surface area contributed by atoms with Gasteiger partial charge in [-0.25, -0.2) is 0 Å². The van der Waals surface area contributed by atoms with Crippen molar-refractivity contribution >= 4 is 0 Å². The fourth-order valence-corrected chi connectivity index (χ4v) is 2.18. The summed E-state index contributed by atoms with van der Waals surface area (Å²) in [6, 6.07) is 6.31. The van der Waals surface area contributed by atoms with Gasteiger partial charge in [0.1, 0.15) is 0 Å². The van der Waals surface area contributed by atoms with Crippen LogP contribution in [0, 0.1) is 13.8 Å². The van der Waals surface area contributed by atoms with Gasteiger partial charge in [0.15, 0.2) is 0 Å². The van der Waals surface area contributed by atoms with E-state index in [4.69, 9.17) is 0 Å². The molecule has 2 rings (SSSR count). The Balaban J connectivity index is 2.58. The normalized spacial score (nSPS) is 11.9. The van der Waals surface area contributed by atoms with Gasteiger partial charge in [-0.05, 0) is 40.2 Å². The summed E-state index contributed by atoms with van der Waals surface area (Å²) >= 11 is 0. The maximum atomic E-state index is 9.55. The van der Waals surface area contributed by atoms with E-state index >= 15 is 0 Å². The number of hydrogen-bond acceptors (Lipinski definition) is 2. The highest BCUT2D eigenvalue weighted by Gasteiger charge is 2.19. The lowest BCUT2D eigenvalue weighted by atomic mass is 10.0. The van der Waals surface area contributed by atoms with Crippen molar-refractivity contribution in [3.05, 3.63) is 41.1 Å². The second kappa shape index (κ2) is 4.82. The summed E-state index contributed by atoms with van der Waals surface area (Å²) < 4.78 is 1.92. The summed E-state index contributed by atoms with van der Waals surface area (Å²) in [5.41, 5.74) is 5.20. The van der Waals surface area contributed by atoms with Crippen LogP contribution >= 0.6 is 0 Å². The molecule has 2 aromatic rings. The van der Waals surface area contributed by atoms with Crippen LogP contribution in [0.3, 0.4) is 0 Å². The highest BCUT2D eigenvalue weighted by molar-refractivity contribution is 5.66. The third-order valence-corrected chi connectivity index (χ3v) is 3.28. The SMILES string of the molecule is Cc1ccc(-c2nn(C(C)(C)C)cc2CO)c(C)c1. The summed E-state index contributed by atoms with van der Waals surface area (Å²) in [5, 5.41) is 14.2. The molecule has 3 heteroatoms. The summed E-state index contributed by atoms with van der Waals surface area (Å²) in [4.78, 5) is 0. The highest BCUT2D eigenvalue weighted by atomic mass is 16.3. The molecule has 0 radical (unpaired) electrons. The van der Waals surface area contributed by atoms with Gasteiger partial charge >= 0.3 is 0 Å². The molecule has 102 valence electrons. The molecule has 0 aliphatic rings. The minimum atomic E-state index is -0.0826. The zero-order chi connectivity index (χ0) is 14.2. The lowest BCUT2D eigenvalue weighted by Crippen LogP contribution is -2.22. The van der Waals surface area contributed by atoms with Crippen LogP contribution in [0.1, 0.15) is 37.5 Å². The molecule has 1 heterocycles. The van der Waals surface area contributed by atoms with E-state index in [1.807, 2.05) is 10.9 Å². The van der Waals surface area contributed by atoms with E-state index in [9.17, 15) is 5.11 Å². The first-order chi connectivity index (χ1) is 8.82. The van der Waals surface area contributed by atoms with E-state index < -0.39 is 0 Å². The summed E-state index contributed by atoms with van der Waals surface area (Å²) in [5.74, 6) is 0. The highest BCUT2D eigenvalue weighted by Crippen LogP contribution is 2.28. The number of rotatable bonds is 2. The second-order valence-corrected chi connectivity index (χ2v) is 6.09. The van der Waals surface area contributed by atoms with Gasteiger partial charge in [0, 0.05) is 17.3 Å². The molecule has 3 nitrogen and oxygen atoms in total. The summed E-state index contributed by atoms with van der Waals surface area (Å²) in [6.07, 6.45) is 1.94. The van der Waals surface area contributed by atoms with Crippen LogP contribution in [-0.2, 0) is 12.1 Å². The van der Waals surface area contributed by atoms with Crippen LogP contribution < -0.4 is 0 Å². The molecule has 0 bridgehead atoms. The molecule has 0 unspecified atom stereocenters. The first kappa shape index (κ1) is 13.8. The van der Waals surface area contributed by atoms with Gasteiger partial charge in [0.25, 0.3) is 0 Å². The molecule has 0 fully saturated rings. The zero-order valence-electron chi connectivity index (χ0n) is 12.4. The van der Waals surface area contributed by atoms with E-state index in [-0.39, 0.29) is 12.1 Å². The fourth-order valence-electron chi connectivity index (χ4n) is 2.18. The molecule has 0 atom stereocenters. The van der Waals surface area contributed by atoms with E-state index in [2.05, 4.69) is 57.9 Å². The number of hydrogen-bond donors (Lipinski definition) is 1. The molecule has 0 amide bonds. The molecule has 0 saturated heterocycles. The van der Waals surface area contributed by atoms with Gasteiger partial charge in [0.2, 0.25) is 0 Å². The topological polar surface area (TPSA) is 38.0 Å². The largest absolute Gasteiger partial charge is 0.392 e. The lowest BCUT2D eigenvalue weighted by molar-refractivity contribution is 0.281. The van der Waals surface area contributed by atoms with Crippen LogP contribution in [0.25, 0.3) is 11.3 Å². The molecule has 1 aromatic heterocycles. The Bertz CT molecular complexity index is 591. The maximum absolute atomic E-state index is 9.55.